The van der Waals surface area contributed by atoms with Gasteiger partial charge in [0.25, 0.3) is 0 Å². The SMILES string of the molecule is COc1ccccc1-c1ccc2oc([C@H]3CCCN3C(=O)[C@@H](Cl)c3ccccc3)nc2c1. The third-order valence-corrected chi connectivity index (χ3v) is 6.39. The molecule has 1 aliphatic heterocycles. The average molecular weight is 447 g/mol. The first-order valence-corrected chi connectivity index (χ1v) is 11.1. The number of oxazole rings is 1. The number of carbonyl (C=O) groups excluding carboxylic acids is 1. The second-order valence-electron chi connectivity index (χ2n) is 7.90. The topological polar surface area (TPSA) is 55.6 Å². The molecular weight excluding hydrogens is 424 g/mol. The van der Waals surface area contributed by atoms with Gasteiger partial charge in [-0.2, -0.15) is 0 Å². The number of benzene rings is 3. The molecule has 3 aromatic carbocycles. The molecule has 0 unspecified atom stereocenters. The van der Waals surface area contributed by atoms with Crippen molar-refractivity contribution in [3.63, 3.8) is 0 Å². The van der Waals surface area contributed by atoms with Gasteiger partial charge in [-0.1, -0.05) is 54.6 Å². The molecule has 2 atom stereocenters. The quantitative estimate of drug-likeness (QED) is 0.345. The van der Waals surface area contributed by atoms with Gasteiger partial charge in [0.15, 0.2) is 5.58 Å². The minimum absolute atomic E-state index is 0.114. The fourth-order valence-electron chi connectivity index (χ4n) is 4.34. The second kappa shape index (κ2) is 8.67. The van der Waals surface area contributed by atoms with Crippen molar-refractivity contribution >= 4 is 28.6 Å². The highest BCUT2D eigenvalue weighted by molar-refractivity contribution is 6.30. The Balaban J connectivity index is 1.44. The number of fused-ring (bicyclic) bond motifs is 1. The van der Waals surface area contributed by atoms with Crippen molar-refractivity contribution in [3.8, 4) is 16.9 Å². The van der Waals surface area contributed by atoms with Gasteiger partial charge in [-0.05, 0) is 42.2 Å². The zero-order valence-corrected chi connectivity index (χ0v) is 18.5. The number of nitrogens with zero attached hydrogens (tertiary/aromatic N) is 2. The summed E-state index contributed by atoms with van der Waals surface area (Å²) in [6, 6.07) is 23.0. The third kappa shape index (κ3) is 3.73. The summed E-state index contributed by atoms with van der Waals surface area (Å²) in [5, 5.41) is -0.724. The summed E-state index contributed by atoms with van der Waals surface area (Å²) >= 11 is 6.53. The standard InChI is InChI=1S/C26H23ClN2O3/c1-31-22-12-6-5-10-19(22)18-13-14-23-20(16-18)28-25(32-23)21-11-7-15-29(21)26(30)24(27)17-8-3-2-4-9-17/h2-6,8-10,12-14,16,21,24H,7,11,15H2,1H3/t21-,24+/m1/s1. The minimum atomic E-state index is -0.724. The molecule has 5 nitrogen and oxygen atoms in total. The van der Waals surface area contributed by atoms with Gasteiger partial charge in [0.2, 0.25) is 11.8 Å². The van der Waals surface area contributed by atoms with Gasteiger partial charge in [0.1, 0.15) is 22.7 Å². The van der Waals surface area contributed by atoms with E-state index < -0.39 is 5.38 Å². The molecule has 2 heterocycles. The normalized spacial score (nSPS) is 16.9. The van der Waals surface area contributed by atoms with E-state index in [0.717, 1.165) is 40.8 Å². The predicted molar refractivity (Wildman–Crippen MR) is 125 cm³/mol. The Morgan fingerprint density at radius 1 is 1.12 bits per heavy atom. The molecule has 0 aliphatic carbocycles. The summed E-state index contributed by atoms with van der Waals surface area (Å²) in [6.45, 7) is 0.644. The van der Waals surface area contributed by atoms with Crippen molar-refractivity contribution in [2.45, 2.75) is 24.3 Å². The lowest BCUT2D eigenvalue weighted by Crippen LogP contribution is -2.33. The van der Waals surface area contributed by atoms with Gasteiger partial charge in [0.05, 0.1) is 7.11 Å². The van der Waals surface area contributed by atoms with E-state index in [1.807, 2.05) is 72.8 Å². The lowest BCUT2D eigenvalue weighted by molar-refractivity contribution is -0.132. The van der Waals surface area contributed by atoms with Gasteiger partial charge >= 0.3 is 0 Å². The van der Waals surface area contributed by atoms with Crippen LogP contribution in [0.2, 0.25) is 0 Å². The highest BCUT2D eigenvalue weighted by Crippen LogP contribution is 2.38. The minimum Gasteiger partial charge on any atom is -0.496 e. The first-order valence-electron chi connectivity index (χ1n) is 10.7. The van der Waals surface area contributed by atoms with E-state index in [1.54, 1.807) is 12.0 Å². The number of halogens is 1. The largest absolute Gasteiger partial charge is 0.496 e. The number of ether oxygens (including phenoxy) is 1. The van der Waals surface area contributed by atoms with E-state index in [-0.39, 0.29) is 11.9 Å². The van der Waals surface area contributed by atoms with Crippen LogP contribution < -0.4 is 4.74 Å². The van der Waals surface area contributed by atoms with Crippen LogP contribution in [0.5, 0.6) is 5.75 Å². The molecule has 6 heteroatoms. The van der Waals surface area contributed by atoms with Crippen LogP contribution in [0.1, 0.15) is 35.7 Å². The molecule has 0 N–H and O–H groups in total. The molecular formula is C26H23ClN2O3. The lowest BCUT2D eigenvalue weighted by atomic mass is 10.0. The lowest BCUT2D eigenvalue weighted by Gasteiger charge is -2.24. The molecule has 1 aliphatic rings. The van der Waals surface area contributed by atoms with Crippen LogP contribution >= 0.6 is 11.6 Å². The number of hydrogen-bond donors (Lipinski definition) is 0. The van der Waals surface area contributed by atoms with E-state index in [0.29, 0.717) is 18.0 Å². The maximum Gasteiger partial charge on any atom is 0.245 e. The van der Waals surface area contributed by atoms with Crippen LogP contribution in [-0.2, 0) is 4.79 Å². The molecule has 1 saturated heterocycles. The summed E-state index contributed by atoms with van der Waals surface area (Å²) in [5.41, 5.74) is 4.24. The van der Waals surface area contributed by atoms with Crippen LogP contribution in [0.3, 0.4) is 0 Å². The van der Waals surface area contributed by atoms with E-state index in [2.05, 4.69) is 0 Å². The molecule has 0 bridgehead atoms. The van der Waals surface area contributed by atoms with Crippen molar-refractivity contribution in [2.75, 3.05) is 13.7 Å². The molecule has 4 aromatic rings. The zero-order valence-electron chi connectivity index (χ0n) is 17.7. The monoisotopic (exact) mass is 446 g/mol. The summed E-state index contributed by atoms with van der Waals surface area (Å²) in [7, 11) is 1.66. The van der Waals surface area contributed by atoms with Crippen LogP contribution in [0, 0.1) is 0 Å². The molecule has 1 fully saturated rings. The van der Waals surface area contributed by atoms with Crippen LogP contribution in [0.15, 0.2) is 77.2 Å². The smallest absolute Gasteiger partial charge is 0.245 e. The second-order valence-corrected chi connectivity index (χ2v) is 8.33. The van der Waals surface area contributed by atoms with Crippen molar-refractivity contribution in [1.29, 1.82) is 0 Å². The highest BCUT2D eigenvalue weighted by Gasteiger charge is 2.36. The third-order valence-electron chi connectivity index (χ3n) is 5.95. The maximum atomic E-state index is 13.2. The Morgan fingerprint density at radius 3 is 2.72 bits per heavy atom. The number of aromatic nitrogens is 1. The van der Waals surface area contributed by atoms with Gasteiger partial charge in [-0.25, -0.2) is 4.98 Å². The first-order chi connectivity index (χ1) is 15.7. The molecule has 0 spiro atoms. The van der Waals surface area contributed by atoms with Crippen LogP contribution in [-0.4, -0.2) is 29.4 Å². The Morgan fingerprint density at radius 2 is 1.91 bits per heavy atom. The number of amides is 1. The fourth-order valence-corrected chi connectivity index (χ4v) is 4.61. The summed E-state index contributed by atoms with van der Waals surface area (Å²) in [4.78, 5) is 19.7. The number of carbonyl (C=O) groups is 1. The molecule has 1 amide bonds. The average Bonchev–Trinajstić information content (AvgIpc) is 3.50. The van der Waals surface area contributed by atoms with Crippen molar-refractivity contribution in [3.05, 3.63) is 84.3 Å². The van der Waals surface area contributed by atoms with E-state index >= 15 is 0 Å². The Kier molecular flexibility index (Phi) is 5.58. The van der Waals surface area contributed by atoms with Gasteiger partial charge in [-0.15, -0.1) is 11.6 Å². The Labute approximate surface area is 191 Å². The number of alkyl halides is 1. The van der Waals surface area contributed by atoms with E-state index in [4.69, 9.17) is 25.7 Å². The number of methoxy groups -OCH3 is 1. The summed E-state index contributed by atoms with van der Waals surface area (Å²) in [5.74, 6) is 1.24. The number of para-hydroxylation sites is 1. The van der Waals surface area contributed by atoms with Gasteiger partial charge < -0.3 is 14.1 Å². The van der Waals surface area contributed by atoms with Gasteiger partial charge in [-0.3, -0.25) is 4.79 Å². The van der Waals surface area contributed by atoms with Crippen molar-refractivity contribution < 1.29 is 13.9 Å². The van der Waals surface area contributed by atoms with Crippen molar-refractivity contribution in [2.24, 2.45) is 0 Å². The van der Waals surface area contributed by atoms with E-state index in [1.165, 1.54) is 0 Å². The maximum absolute atomic E-state index is 13.2. The first kappa shape index (κ1) is 20.6. The molecule has 162 valence electrons. The predicted octanol–water partition coefficient (Wildman–Crippen LogP) is 6.15. The zero-order chi connectivity index (χ0) is 22.1. The van der Waals surface area contributed by atoms with Crippen molar-refractivity contribution in [1.82, 2.24) is 9.88 Å². The summed E-state index contributed by atoms with van der Waals surface area (Å²) < 4.78 is 11.6. The number of rotatable bonds is 5. The number of likely N-dealkylation sites (tertiary alicyclic amines) is 1. The molecule has 0 radical (unpaired) electrons. The Hall–Kier alpha value is -3.31. The fraction of sp³-hybridized carbons (Fsp3) is 0.231. The molecule has 0 saturated carbocycles. The van der Waals surface area contributed by atoms with Gasteiger partial charge in [0, 0.05) is 12.1 Å². The molecule has 1 aromatic heterocycles. The molecule has 5 rings (SSSR count). The van der Waals surface area contributed by atoms with Crippen LogP contribution in [0.25, 0.3) is 22.2 Å². The Bertz CT molecular complexity index is 1250. The highest BCUT2D eigenvalue weighted by atomic mass is 35.5. The molecule has 32 heavy (non-hydrogen) atoms. The number of hydrogen-bond acceptors (Lipinski definition) is 4. The summed E-state index contributed by atoms with van der Waals surface area (Å²) in [6.07, 6.45) is 1.69. The van der Waals surface area contributed by atoms with Crippen LogP contribution in [0.4, 0.5) is 0 Å². The van der Waals surface area contributed by atoms with E-state index in [9.17, 15) is 4.79 Å².